The predicted octanol–water partition coefficient (Wildman–Crippen LogP) is 2.77. The lowest BCUT2D eigenvalue weighted by Crippen LogP contribution is -2.22. The van der Waals surface area contributed by atoms with E-state index in [4.69, 9.17) is 5.11 Å². The summed E-state index contributed by atoms with van der Waals surface area (Å²) in [4.78, 5) is 10.9. The van der Waals surface area contributed by atoms with Crippen molar-refractivity contribution in [1.29, 1.82) is 0 Å². The summed E-state index contributed by atoms with van der Waals surface area (Å²) in [5, 5.41) is 11.8. The zero-order valence-electron chi connectivity index (χ0n) is 10.0. The molecular formula is C12H14F3NO2S. The van der Waals surface area contributed by atoms with Crippen LogP contribution in [0.2, 0.25) is 0 Å². The molecule has 0 aliphatic carbocycles. The number of hydrogen-bond donors (Lipinski definition) is 2. The van der Waals surface area contributed by atoms with Crippen molar-refractivity contribution in [2.75, 3.05) is 18.8 Å². The van der Waals surface area contributed by atoms with Crippen molar-refractivity contribution in [2.45, 2.75) is 11.9 Å². The van der Waals surface area contributed by atoms with Crippen molar-refractivity contribution < 1.29 is 23.1 Å². The van der Waals surface area contributed by atoms with Crippen LogP contribution in [0.15, 0.2) is 24.3 Å². The average Bonchev–Trinajstić information content (AvgIpc) is 2.32. The minimum Gasteiger partial charge on any atom is -0.478 e. The van der Waals surface area contributed by atoms with Crippen LogP contribution in [0, 0.1) is 0 Å². The maximum Gasteiger partial charge on any atom is 0.441 e. The van der Waals surface area contributed by atoms with E-state index < -0.39 is 11.5 Å². The number of thioether (sulfide) groups is 1. The molecule has 0 bridgehead atoms. The van der Waals surface area contributed by atoms with Gasteiger partial charge in [-0.2, -0.15) is 13.2 Å². The van der Waals surface area contributed by atoms with Crippen molar-refractivity contribution in [1.82, 2.24) is 5.32 Å². The van der Waals surface area contributed by atoms with Crippen molar-refractivity contribution >= 4 is 17.7 Å². The van der Waals surface area contributed by atoms with Crippen LogP contribution in [0.3, 0.4) is 0 Å². The van der Waals surface area contributed by atoms with Crippen LogP contribution < -0.4 is 5.32 Å². The monoisotopic (exact) mass is 293 g/mol. The first kappa shape index (κ1) is 15.8. The van der Waals surface area contributed by atoms with Crippen molar-refractivity contribution in [3.8, 4) is 0 Å². The van der Waals surface area contributed by atoms with Crippen molar-refractivity contribution in [2.24, 2.45) is 0 Å². The molecule has 0 amide bonds. The molecule has 1 aromatic carbocycles. The van der Waals surface area contributed by atoms with Crippen LogP contribution in [-0.2, 0) is 6.42 Å². The van der Waals surface area contributed by atoms with E-state index in [1.807, 2.05) is 0 Å². The fourth-order valence-electron chi connectivity index (χ4n) is 1.53. The number of carboxylic acids is 1. The molecule has 3 nitrogen and oxygen atoms in total. The Kier molecular flexibility index (Phi) is 6.17. The number of aromatic carboxylic acids is 1. The number of rotatable bonds is 7. The molecule has 0 aromatic heterocycles. The normalized spacial score (nSPS) is 11.5. The van der Waals surface area contributed by atoms with E-state index in [-0.39, 0.29) is 29.6 Å². The lowest BCUT2D eigenvalue weighted by Gasteiger charge is -2.08. The third kappa shape index (κ3) is 6.49. The maximum atomic E-state index is 11.8. The Hall–Kier alpha value is -1.21. The van der Waals surface area contributed by atoms with E-state index in [2.05, 4.69) is 5.32 Å². The molecule has 0 unspecified atom stereocenters. The van der Waals surface area contributed by atoms with Gasteiger partial charge in [0.25, 0.3) is 0 Å². The Balaban J connectivity index is 2.28. The summed E-state index contributed by atoms with van der Waals surface area (Å²) >= 11 is -0.0687. The summed E-state index contributed by atoms with van der Waals surface area (Å²) in [6, 6.07) is 6.59. The molecule has 1 aromatic rings. The highest BCUT2D eigenvalue weighted by molar-refractivity contribution is 8.00. The molecule has 1 rings (SSSR count). The molecule has 2 N–H and O–H groups in total. The molecule has 106 valence electrons. The van der Waals surface area contributed by atoms with Gasteiger partial charge in [0.05, 0.1) is 5.56 Å². The fraction of sp³-hybridized carbons (Fsp3) is 0.417. The van der Waals surface area contributed by atoms with Gasteiger partial charge in [-0.25, -0.2) is 4.79 Å². The molecule has 0 atom stereocenters. The number of benzene rings is 1. The van der Waals surface area contributed by atoms with Gasteiger partial charge in [-0.1, -0.05) is 18.2 Å². The summed E-state index contributed by atoms with van der Waals surface area (Å²) in [5.41, 5.74) is -3.29. The zero-order chi connectivity index (χ0) is 14.3. The van der Waals surface area contributed by atoms with Gasteiger partial charge >= 0.3 is 11.5 Å². The Morgan fingerprint density at radius 1 is 1.26 bits per heavy atom. The number of carbonyl (C=O) groups is 1. The number of nitrogens with one attached hydrogen (secondary N) is 1. The first-order chi connectivity index (χ1) is 8.90. The molecule has 19 heavy (non-hydrogen) atoms. The maximum absolute atomic E-state index is 11.8. The molecule has 0 radical (unpaired) electrons. The third-order valence-electron chi connectivity index (χ3n) is 2.36. The number of carboxylic acid groups (broad SMARTS) is 1. The smallest absolute Gasteiger partial charge is 0.441 e. The second-order valence-electron chi connectivity index (χ2n) is 3.76. The van der Waals surface area contributed by atoms with Gasteiger partial charge in [0.1, 0.15) is 0 Å². The van der Waals surface area contributed by atoms with Gasteiger partial charge < -0.3 is 10.4 Å². The largest absolute Gasteiger partial charge is 0.478 e. The van der Waals surface area contributed by atoms with Gasteiger partial charge in [-0.05, 0) is 36.4 Å². The third-order valence-corrected chi connectivity index (χ3v) is 3.10. The highest BCUT2D eigenvalue weighted by Crippen LogP contribution is 2.29. The number of alkyl halides is 3. The number of halogens is 3. The highest BCUT2D eigenvalue weighted by Gasteiger charge is 2.27. The Bertz CT molecular complexity index is 424. The van der Waals surface area contributed by atoms with Gasteiger partial charge in [0.2, 0.25) is 0 Å². The summed E-state index contributed by atoms with van der Waals surface area (Å²) in [6.45, 7) is 0.683. The zero-order valence-corrected chi connectivity index (χ0v) is 10.9. The molecular weight excluding hydrogens is 279 g/mol. The van der Waals surface area contributed by atoms with Crippen LogP contribution in [0.5, 0.6) is 0 Å². The first-order valence-electron chi connectivity index (χ1n) is 5.63. The predicted molar refractivity (Wildman–Crippen MR) is 68.5 cm³/mol. The van der Waals surface area contributed by atoms with E-state index in [0.29, 0.717) is 18.5 Å². The molecule has 7 heteroatoms. The molecule has 0 aliphatic heterocycles. The standard InChI is InChI=1S/C12H14F3NO2S/c13-12(14,15)19-8-7-16-6-5-9-3-1-2-4-10(9)11(17)18/h1-4,16H,5-8H2,(H,17,18). The topological polar surface area (TPSA) is 49.3 Å². The van der Waals surface area contributed by atoms with Gasteiger partial charge in [-0.3, -0.25) is 0 Å². The lowest BCUT2D eigenvalue weighted by atomic mass is 10.0. The molecule has 0 fully saturated rings. The van der Waals surface area contributed by atoms with Gasteiger partial charge in [0.15, 0.2) is 0 Å². The van der Waals surface area contributed by atoms with Crippen LogP contribution in [0.4, 0.5) is 13.2 Å². The minimum absolute atomic E-state index is 0.0515. The molecule has 0 saturated carbocycles. The second-order valence-corrected chi connectivity index (χ2v) is 4.92. The molecule has 0 heterocycles. The summed E-state index contributed by atoms with van der Waals surface area (Å²) in [6.07, 6.45) is 0.471. The molecule has 0 saturated heterocycles. The quantitative estimate of drug-likeness (QED) is 0.759. The summed E-state index contributed by atoms with van der Waals surface area (Å²) in [7, 11) is 0. The Morgan fingerprint density at radius 3 is 2.58 bits per heavy atom. The van der Waals surface area contributed by atoms with E-state index in [1.165, 1.54) is 6.07 Å². The van der Waals surface area contributed by atoms with Crippen LogP contribution in [0.25, 0.3) is 0 Å². The fourth-order valence-corrected chi connectivity index (χ4v) is 2.01. The SMILES string of the molecule is O=C(O)c1ccccc1CCNCCSC(F)(F)F. The minimum atomic E-state index is -4.20. The first-order valence-corrected chi connectivity index (χ1v) is 6.61. The van der Waals surface area contributed by atoms with Crippen molar-refractivity contribution in [3.63, 3.8) is 0 Å². The van der Waals surface area contributed by atoms with Crippen LogP contribution in [0.1, 0.15) is 15.9 Å². The van der Waals surface area contributed by atoms with Gasteiger partial charge in [0, 0.05) is 12.3 Å². The Morgan fingerprint density at radius 2 is 1.95 bits per heavy atom. The average molecular weight is 293 g/mol. The molecule has 0 spiro atoms. The van der Waals surface area contributed by atoms with Crippen LogP contribution >= 0.6 is 11.8 Å². The highest BCUT2D eigenvalue weighted by atomic mass is 32.2. The van der Waals surface area contributed by atoms with Gasteiger partial charge in [-0.15, -0.1) is 0 Å². The molecule has 0 aliphatic rings. The summed E-state index contributed by atoms with van der Waals surface area (Å²) < 4.78 is 35.5. The Labute approximate surface area is 113 Å². The number of hydrogen-bond acceptors (Lipinski definition) is 3. The van der Waals surface area contributed by atoms with E-state index >= 15 is 0 Å². The van der Waals surface area contributed by atoms with E-state index in [9.17, 15) is 18.0 Å². The second kappa shape index (κ2) is 7.40. The van der Waals surface area contributed by atoms with Crippen LogP contribution in [-0.4, -0.2) is 35.4 Å². The lowest BCUT2D eigenvalue weighted by molar-refractivity contribution is -0.0327. The van der Waals surface area contributed by atoms with E-state index in [1.54, 1.807) is 18.2 Å². The summed E-state index contributed by atoms with van der Waals surface area (Å²) in [5.74, 6) is -1.05. The van der Waals surface area contributed by atoms with E-state index in [0.717, 1.165) is 0 Å². The van der Waals surface area contributed by atoms with Crippen molar-refractivity contribution in [3.05, 3.63) is 35.4 Å².